The van der Waals surface area contributed by atoms with E-state index in [9.17, 15) is 10.2 Å². The van der Waals surface area contributed by atoms with Gasteiger partial charge in [-0.15, -0.1) is 0 Å². The second-order valence-corrected chi connectivity index (χ2v) is 5.62. The highest BCUT2D eigenvalue weighted by atomic mass is 35.5. The highest BCUT2D eigenvalue weighted by Gasteiger charge is 2.09. The van der Waals surface area contributed by atoms with Crippen molar-refractivity contribution in [3.63, 3.8) is 0 Å². The van der Waals surface area contributed by atoms with Gasteiger partial charge >= 0.3 is 0 Å². The minimum Gasteiger partial charge on any atom is -0.507 e. The number of aromatic hydroxyl groups is 2. The minimum absolute atomic E-state index is 0.0900. The van der Waals surface area contributed by atoms with Gasteiger partial charge in [-0.3, -0.25) is 0 Å². The van der Waals surface area contributed by atoms with Crippen LogP contribution in [0.5, 0.6) is 11.5 Å². The van der Waals surface area contributed by atoms with Gasteiger partial charge in [-0.05, 0) is 47.6 Å². The average molecular weight is 299 g/mol. The van der Waals surface area contributed by atoms with Gasteiger partial charge in [0.1, 0.15) is 11.5 Å². The fourth-order valence-electron chi connectivity index (χ4n) is 2.62. The number of fused-ring (bicyclic) bond motifs is 1. The third-order valence-corrected chi connectivity index (χ3v) is 4.00. The Hall–Kier alpha value is -2.19. The third kappa shape index (κ3) is 2.55. The van der Waals surface area contributed by atoms with Crippen molar-refractivity contribution in [1.82, 2.24) is 0 Å². The molecule has 0 aliphatic rings. The van der Waals surface area contributed by atoms with E-state index in [0.29, 0.717) is 17.2 Å². The van der Waals surface area contributed by atoms with Gasteiger partial charge in [0.15, 0.2) is 0 Å². The van der Waals surface area contributed by atoms with E-state index in [1.54, 1.807) is 12.1 Å². The van der Waals surface area contributed by atoms with Gasteiger partial charge < -0.3 is 10.2 Å². The van der Waals surface area contributed by atoms with Crippen LogP contribution in [0.2, 0.25) is 5.02 Å². The zero-order chi connectivity index (χ0) is 15.0. The Kier molecular flexibility index (Phi) is 3.48. The summed E-state index contributed by atoms with van der Waals surface area (Å²) in [5, 5.41) is 21.9. The van der Waals surface area contributed by atoms with Crippen LogP contribution in [-0.4, -0.2) is 10.2 Å². The third-order valence-electron chi connectivity index (χ3n) is 3.70. The van der Waals surface area contributed by atoms with Gasteiger partial charge in [-0.2, -0.15) is 0 Å². The molecule has 0 saturated heterocycles. The molecule has 0 amide bonds. The standard InChI is InChI=1S/C18H15ClO2/c1-11-8-13(9-12-6-7-17(20)16(19)10-12)14-4-2-3-5-15(14)18(11)21/h2-8,10,20-21H,9H2,1H3. The van der Waals surface area contributed by atoms with Crippen LogP contribution in [0.4, 0.5) is 0 Å². The number of benzene rings is 3. The van der Waals surface area contributed by atoms with Crippen molar-refractivity contribution in [1.29, 1.82) is 0 Å². The van der Waals surface area contributed by atoms with Crippen molar-refractivity contribution >= 4 is 22.4 Å². The summed E-state index contributed by atoms with van der Waals surface area (Å²) in [6.45, 7) is 1.90. The van der Waals surface area contributed by atoms with Crippen LogP contribution >= 0.6 is 11.6 Å². The molecule has 0 fully saturated rings. The molecule has 0 atom stereocenters. The molecule has 0 spiro atoms. The van der Waals surface area contributed by atoms with E-state index < -0.39 is 0 Å². The molecule has 106 valence electrons. The SMILES string of the molecule is Cc1cc(Cc2ccc(O)c(Cl)c2)c2ccccc2c1O. The van der Waals surface area contributed by atoms with Crippen molar-refractivity contribution in [3.05, 3.63) is 70.2 Å². The smallest absolute Gasteiger partial charge is 0.134 e. The number of phenols is 2. The fourth-order valence-corrected chi connectivity index (χ4v) is 2.82. The molecule has 2 N–H and O–H groups in total. The molecule has 0 heterocycles. The Bertz CT molecular complexity index is 825. The molecule has 2 nitrogen and oxygen atoms in total. The van der Waals surface area contributed by atoms with E-state index in [1.165, 1.54) is 0 Å². The van der Waals surface area contributed by atoms with Crippen LogP contribution < -0.4 is 0 Å². The van der Waals surface area contributed by atoms with E-state index in [1.807, 2.05) is 43.3 Å². The highest BCUT2D eigenvalue weighted by molar-refractivity contribution is 6.32. The Morgan fingerprint density at radius 1 is 0.952 bits per heavy atom. The van der Waals surface area contributed by atoms with Gasteiger partial charge in [0.25, 0.3) is 0 Å². The molecular weight excluding hydrogens is 284 g/mol. The Morgan fingerprint density at radius 2 is 1.67 bits per heavy atom. The zero-order valence-corrected chi connectivity index (χ0v) is 12.4. The Morgan fingerprint density at radius 3 is 2.38 bits per heavy atom. The summed E-state index contributed by atoms with van der Waals surface area (Å²) in [6.07, 6.45) is 0.696. The van der Waals surface area contributed by atoms with Crippen LogP contribution in [0, 0.1) is 6.92 Å². The van der Waals surface area contributed by atoms with Crippen LogP contribution in [0.15, 0.2) is 48.5 Å². The fraction of sp³-hybridized carbons (Fsp3) is 0.111. The lowest BCUT2D eigenvalue weighted by Crippen LogP contribution is -1.92. The van der Waals surface area contributed by atoms with Crippen molar-refractivity contribution in [2.75, 3.05) is 0 Å². The lowest BCUT2D eigenvalue weighted by molar-refractivity contribution is 0.475. The molecule has 3 heteroatoms. The quantitative estimate of drug-likeness (QED) is 0.713. The zero-order valence-electron chi connectivity index (χ0n) is 11.6. The maximum absolute atomic E-state index is 10.2. The van der Waals surface area contributed by atoms with Crippen LogP contribution in [0.3, 0.4) is 0 Å². The van der Waals surface area contributed by atoms with Crippen molar-refractivity contribution < 1.29 is 10.2 Å². The Balaban J connectivity index is 2.12. The van der Waals surface area contributed by atoms with Crippen LogP contribution in [0.1, 0.15) is 16.7 Å². The van der Waals surface area contributed by atoms with Gasteiger partial charge in [-0.25, -0.2) is 0 Å². The molecule has 0 unspecified atom stereocenters. The number of hydrogen-bond acceptors (Lipinski definition) is 2. The molecule has 0 aliphatic heterocycles. The molecule has 3 aromatic rings. The molecule has 3 aromatic carbocycles. The topological polar surface area (TPSA) is 40.5 Å². The predicted octanol–water partition coefficient (Wildman–Crippen LogP) is 4.80. The van der Waals surface area contributed by atoms with Crippen molar-refractivity contribution in [2.24, 2.45) is 0 Å². The molecule has 0 bridgehead atoms. The summed E-state index contributed by atoms with van der Waals surface area (Å²) in [7, 11) is 0. The molecule has 0 radical (unpaired) electrons. The highest BCUT2D eigenvalue weighted by Crippen LogP contribution is 2.33. The number of rotatable bonds is 2. The summed E-state index contributed by atoms with van der Waals surface area (Å²) >= 11 is 5.96. The van der Waals surface area contributed by atoms with E-state index in [4.69, 9.17) is 11.6 Å². The van der Waals surface area contributed by atoms with Crippen LogP contribution in [0.25, 0.3) is 10.8 Å². The number of phenolic OH excluding ortho intramolecular Hbond substituents is 2. The van der Waals surface area contributed by atoms with E-state index in [2.05, 4.69) is 0 Å². The first kappa shape index (κ1) is 13.8. The molecule has 21 heavy (non-hydrogen) atoms. The van der Waals surface area contributed by atoms with E-state index >= 15 is 0 Å². The molecule has 3 rings (SSSR count). The monoisotopic (exact) mass is 298 g/mol. The van der Waals surface area contributed by atoms with E-state index in [0.717, 1.165) is 27.5 Å². The summed E-state index contributed by atoms with van der Waals surface area (Å²) in [5.74, 6) is 0.422. The first-order valence-electron chi connectivity index (χ1n) is 6.74. The second kappa shape index (κ2) is 5.30. The van der Waals surface area contributed by atoms with E-state index in [-0.39, 0.29) is 5.75 Å². The number of halogens is 1. The van der Waals surface area contributed by atoms with Crippen molar-refractivity contribution in [2.45, 2.75) is 13.3 Å². The summed E-state index contributed by atoms with van der Waals surface area (Å²) in [4.78, 5) is 0. The molecule has 0 saturated carbocycles. The lowest BCUT2D eigenvalue weighted by atomic mass is 9.95. The van der Waals surface area contributed by atoms with Gasteiger partial charge in [0.05, 0.1) is 5.02 Å². The van der Waals surface area contributed by atoms with Gasteiger partial charge in [0.2, 0.25) is 0 Å². The largest absolute Gasteiger partial charge is 0.507 e. The van der Waals surface area contributed by atoms with Gasteiger partial charge in [-0.1, -0.05) is 48.0 Å². The van der Waals surface area contributed by atoms with Gasteiger partial charge in [0, 0.05) is 5.39 Å². The first-order chi connectivity index (χ1) is 10.1. The predicted molar refractivity (Wildman–Crippen MR) is 86.3 cm³/mol. The molecule has 0 aromatic heterocycles. The number of hydrogen-bond donors (Lipinski definition) is 2. The first-order valence-corrected chi connectivity index (χ1v) is 7.11. The Labute approximate surface area is 128 Å². The lowest BCUT2D eigenvalue weighted by Gasteiger charge is -2.11. The van der Waals surface area contributed by atoms with Crippen LogP contribution in [-0.2, 0) is 6.42 Å². The number of aryl methyl sites for hydroxylation is 1. The maximum Gasteiger partial charge on any atom is 0.134 e. The maximum atomic E-state index is 10.2. The average Bonchev–Trinajstić information content (AvgIpc) is 2.48. The van der Waals surface area contributed by atoms with Crippen molar-refractivity contribution in [3.8, 4) is 11.5 Å². The molecule has 0 aliphatic carbocycles. The summed E-state index contributed by atoms with van der Waals surface area (Å²) < 4.78 is 0. The second-order valence-electron chi connectivity index (χ2n) is 5.21. The molecular formula is C18H15ClO2. The summed E-state index contributed by atoms with van der Waals surface area (Å²) in [6, 6.07) is 15.0. The summed E-state index contributed by atoms with van der Waals surface area (Å²) in [5.41, 5.74) is 3.00. The normalized spacial score (nSPS) is 11.0. The minimum atomic E-state index is 0.0900.